The fourth-order valence-corrected chi connectivity index (χ4v) is 1.40. The predicted octanol–water partition coefficient (Wildman–Crippen LogP) is 2.02. The summed E-state index contributed by atoms with van der Waals surface area (Å²) in [5.41, 5.74) is 1.71. The zero-order valence-electron chi connectivity index (χ0n) is 11.3. The van der Waals surface area contributed by atoms with Gasteiger partial charge in [0, 0.05) is 16.5 Å². The monoisotopic (exact) mass is 330 g/mol. The largest absolute Gasteiger partial charge is 0.791 e. The number of allylic oxidation sites excluding steroid dienone is 8. The van der Waals surface area contributed by atoms with E-state index in [9.17, 15) is 20.0 Å². The van der Waals surface area contributed by atoms with Crippen molar-refractivity contribution >= 4 is 23.0 Å². The molecule has 0 bridgehead atoms. The fraction of sp³-hybridized carbons (Fsp3) is 0.143. The topological polar surface area (TPSA) is 105 Å². The molecule has 21 heavy (non-hydrogen) atoms. The van der Waals surface area contributed by atoms with Gasteiger partial charge in [-0.15, -0.1) is 0 Å². The number of carbonyl (C=O) groups is 2. The molecule has 0 radical (unpaired) electrons. The number of hydrogen-bond donors (Lipinski definition) is 0. The minimum absolute atomic E-state index is 0. The number of nitrogens with zero attached hydrogens (tertiary/aromatic N) is 2. The molecule has 0 saturated heterocycles. The second-order valence-electron chi connectivity index (χ2n) is 4.12. The van der Waals surface area contributed by atoms with Crippen LogP contribution in [0.15, 0.2) is 57.9 Å². The summed E-state index contributed by atoms with van der Waals surface area (Å²) in [7, 11) is 0. The predicted molar refractivity (Wildman–Crippen MR) is 77.4 cm³/mol. The standard InChI is InChI=1S/2C7H7NO2.Ni/c2*1-5-2-3-7(9)6(4-5)8-10;/h2*2-4,10H,1H3;/p-2/b2*8-6+;. The van der Waals surface area contributed by atoms with Crippen LogP contribution in [0, 0.1) is 10.4 Å². The molecule has 0 fully saturated rings. The van der Waals surface area contributed by atoms with E-state index in [-0.39, 0.29) is 39.5 Å². The molecular formula is C14H12N2NiO4-2. The Morgan fingerprint density at radius 3 is 1.33 bits per heavy atom. The van der Waals surface area contributed by atoms with Crippen molar-refractivity contribution in [3.63, 3.8) is 0 Å². The Morgan fingerprint density at radius 1 is 0.762 bits per heavy atom. The molecule has 7 heteroatoms. The van der Waals surface area contributed by atoms with Gasteiger partial charge in [0.1, 0.15) is 0 Å². The van der Waals surface area contributed by atoms with E-state index in [1.165, 1.54) is 24.3 Å². The van der Waals surface area contributed by atoms with Crippen LogP contribution in [-0.2, 0) is 26.1 Å². The zero-order valence-corrected chi connectivity index (χ0v) is 12.3. The second-order valence-corrected chi connectivity index (χ2v) is 4.12. The van der Waals surface area contributed by atoms with Crippen molar-refractivity contribution in [2.24, 2.45) is 10.3 Å². The summed E-state index contributed by atoms with van der Waals surface area (Å²) in [4.78, 5) is 21.4. The van der Waals surface area contributed by atoms with E-state index in [0.29, 0.717) is 0 Å². The molecule has 0 aromatic heterocycles. The minimum Gasteiger partial charge on any atom is -0.791 e. The van der Waals surface area contributed by atoms with Crippen LogP contribution in [0.1, 0.15) is 13.8 Å². The molecule has 0 amide bonds. The van der Waals surface area contributed by atoms with Gasteiger partial charge in [-0.05, 0) is 49.3 Å². The van der Waals surface area contributed by atoms with Crippen molar-refractivity contribution in [1.29, 1.82) is 0 Å². The SMILES string of the molecule is CC1=C/C(=N\[O-])C(=O)C=C1.CC1=C/C(=N\[O-])C(=O)C=C1.[Ni]. The Balaban J connectivity index is 0.000000364. The first-order chi connectivity index (χ1) is 9.47. The minimum atomic E-state index is -0.319. The van der Waals surface area contributed by atoms with Gasteiger partial charge in [-0.1, -0.05) is 12.2 Å². The third kappa shape index (κ3) is 5.71. The zero-order chi connectivity index (χ0) is 15.1. The molecule has 2 aliphatic carbocycles. The van der Waals surface area contributed by atoms with E-state index in [0.717, 1.165) is 11.1 Å². The molecule has 0 N–H and O–H groups in total. The molecule has 2 rings (SSSR count). The Morgan fingerprint density at radius 2 is 1.10 bits per heavy atom. The maximum atomic E-state index is 10.7. The van der Waals surface area contributed by atoms with Gasteiger partial charge in [0.2, 0.25) is 11.6 Å². The molecule has 0 heterocycles. The molecule has 0 saturated carbocycles. The van der Waals surface area contributed by atoms with Crippen LogP contribution in [0.25, 0.3) is 0 Å². The number of hydrogen-bond acceptors (Lipinski definition) is 6. The maximum absolute atomic E-state index is 10.7. The van der Waals surface area contributed by atoms with Gasteiger partial charge in [-0.3, -0.25) is 9.59 Å². The quantitative estimate of drug-likeness (QED) is 0.385. The number of carbonyl (C=O) groups excluding carboxylic acids is 2. The average molecular weight is 331 g/mol. The third-order valence-electron chi connectivity index (χ3n) is 2.43. The summed E-state index contributed by atoms with van der Waals surface area (Å²) in [6.45, 7) is 3.60. The van der Waals surface area contributed by atoms with Crippen molar-refractivity contribution in [3.05, 3.63) is 58.0 Å². The van der Waals surface area contributed by atoms with Crippen molar-refractivity contribution in [2.45, 2.75) is 13.8 Å². The van der Waals surface area contributed by atoms with Crippen LogP contribution in [0.5, 0.6) is 0 Å². The van der Waals surface area contributed by atoms with Gasteiger partial charge in [0.15, 0.2) is 0 Å². The maximum Gasteiger partial charge on any atom is 0.203 e. The molecule has 0 spiro atoms. The molecule has 0 aromatic rings. The van der Waals surface area contributed by atoms with E-state index < -0.39 is 0 Å². The molecule has 0 aromatic carbocycles. The summed E-state index contributed by atoms with van der Waals surface area (Å²) in [5.74, 6) is -0.638. The van der Waals surface area contributed by atoms with Gasteiger partial charge >= 0.3 is 0 Å². The van der Waals surface area contributed by atoms with Gasteiger partial charge in [0.25, 0.3) is 0 Å². The summed E-state index contributed by atoms with van der Waals surface area (Å²) >= 11 is 0. The van der Waals surface area contributed by atoms with Gasteiger partial charge in [-0.25, -0.2) is 0 Å². The average Bonchev–Trinajstić information content (AvgIpc) is 2.44. The van der Waals surface area contributed by atoms with E-state index in [1.54, 1.807) is 26.0 Å². The van der Waals surface area contributed by atoms with Crippen LogP contribution in [0.2, 0.25) is 0 Å². The molecular weight excluding hydrogens is 319 g/mol. The first-order valence-electron chi connectivity index (χ1n) is 5.70. The van der Waals surface area contributed by atoms with Crippen LogP contribution >= 0.6 is 0 Å². The molecule has 114 valence electrons. The van der Waals surface area contributed by atoms with Crippen molar-refractivity contribution in [3.8, 4) is 0 Å². The second kappa shape index (κ2) is 8.82. The normalized spacial score (nSPS) is 20.5. The molecule has 0 aliphatic heterocycles. The van der Waals surface area contributed by atoms with E-state index in [2.05, 4.69) is 10.3 Å². The van der Waals surface area contributed by atoms with Gasteiger partial charge in [0.05, 0.1) is 11.4 Å². The van der Waals surface area contributed by atoms with Gasteiger partial charge < -0.3 is 20.7 Å². The molecule has 6 nitrogen and oxygen atoms in total. The van der Waals surface area contributed by atoms with Crippen molar-refractivity contribution in [2.75, 3.05) is 0 Å². The smallest absolute Gasteiger partial charge is 0.203 e. The number of rotatable bonds is 0. The van der Waals surface area contributed by atoms with Crippen LogP contribution < -0.4 is 0 Å². The third-order valence-corrected chi connectivity index (χ3v) is 2.43. The summed E-state index contributed by atoms with van der Waals surface area (Å²) < 4.78 is 0. The Labute approximate surface area is 131 Å². The first-order valence-corrected chi connectivity index (χ1v) is 5.70. The Bertz CT molecular complexity index is 556. The Hall–Kier alpha value is -2.27. The number of ketones is 2. The Kier molecular flexibility index (Phi) is 7.86. The molecule has 0 unspecified atom stereocenters. The van der Waals surface area contributed by atoms with Crippen LogP contribution in [-0.4, -0.2) is 23.0 Å². The summed E-state index contributed by atoms with van der Waals surface area (Å²) in [5, 5.41) is 25.0. The first kappa shape index (κ1) is 18.7. The van der Waals surface area contributed by atoms with Crippen LogP contribution in [0.3, 0.4) is 0 Å². The summed E-state index contributed by atoms with van der Waals surface area (Å²) in [6, 6.07) is 0. The van der Waals surface area contributed by atoms with Crippen LogP contribution in [0.4, 0.5) is 0 Å². The molecule has 2 aliphatic rings. The van der Waals surface area contributed by atoms with Gasteiger partial charge in [-0.2, -0.15) is 0 Å². The summed E-state index contributed by atoms with van der Waals surface area (Å²) in [6.07, 6.45) is 8.91. The van der Waals surface area contributed by atoms with Crippen molar-refractivity contribution in [1.82, 2.24) is 0 Å². The van der Waals surface area contributed by atoms with E-state index >= 15 is 0 Å². The molecule has 0 atom stereocenters. The van der Waals surface area contributed by atoms with E-state index in [1.807, 2.05) is 0 Å². The van der Waals surface area contributed by atoms with E-state index in [4.69, 9.17) is 0 Å². The fourth-order valence-electron chi connectivity index (χ4n) is 1.40. The van der Waals surface area contributed by atoms with Crippen molar-refractivity contribution < 1.29 is 26.1 Å².